The second-order valence-electron chi connectivity index (χ2n) is 5.01. The van der Waals surface area contributed by atoms with Crippen molar-refractivity contribution in [1.29, 1.82) is 0 Å². The Balaban J connectivity index is 2.17. The highest BCUT2D eigenvalue weighted by Crippen LogP contribution is 2.36. The molecule has 0 saturated carbocycles. The highest BCUT2D eigenvalue weighted by Gasteiger charge is 2.19. The predicted molar refractivity (Wildman–Crippen MR) is 99.7 cm³/mol. The van der Waals surface area contributed by atoms with Gasteiger partial charge in [-0.15, -0.1) is 0 Å². The molecule has 1 amide bonds. The van der Waals surface area contributed by atoms with Crippen LogP contribution in [0.5, 0.6) is 17.2 Å². The second kappa shape index (κ2) is 8.52. The molecule has 0 aliphatic rings. The molecule has 0 heterocycles. The lowest BCUT2D eigenvalue weighted by Crippen LogP contribution is -2.30. The number of carbonyl (C=O) groups excluding carboxylic acids is 1. The topological polar surface area (TPSA) is 56.8 Å². The largest absolute Gasteiger partial charge is 0.495 e. The Morgan fingerprint density at radius 3 is 2.28 bits per heavy atom. The molecule has 2 aromatic rings. The van der Waals surface area contributed by atoms with Crippen molar-refractivity contribution in [2.45, 2.75) is 13.0 Å². The van der Waals surface area contributed by atoms with Gasteiger partial charge in [0.2, 0.25) is 0 Å². The minimum absolute atomic E-state index is 0.317. The number of hydrogen-bond acceptors (Lipinski definition) is 4. The Labute approximate surface area is 160 Å². The van der Waals surface area contributed by atoms with Crippen molar-refractivity contribution in [3.63, 3.8) is 0 Å². The van der Waals surface area contributed by atoms with E-state index in [-0.39, 0.29) is 0 Å². The van der Waals surface area contributed by atoms with E-state index in [4.69, 9.17) is 49.0 Å². The van der Waals surface area contributed by atoms with Crippen LogP contribution in [0.3, 0.4) is 0 Å². The van der Waals surface area contributed by atoms with Gasteiger partial charge in [-0.3, -0.25) is 4.79 Å². The fourth-order valence-corrected chi connectivity index (χ4v) is 2.56. The summed E-state index contributed by atoms with van der Waals surface area (Å²) in [6, 6.07) is 7.89. The van der Waals surface area contributed by atoms with Crippen LogP contribution in [0, 0.1) is 0 Å². The molecule has 0 saturated heterocycles. The first-order valence-electron chi connectivity index (χ1n) is 7.19. The fourth-order valence-electron chi connectivity index (χ4n) is 2.00. The van der Waals surface area contributed by atoms with E-state index >= 15 is 0 Å². The number of carbonyl (C=O) groups is 1. The maximum Gasteiger partial charge on any atom is 0.265 e. The highest BCUT2D eigenvalue weighted by atomic mass is 35.5. The molecule has 134 valence electrons. The van der Waals surface area contributed by atoms with E-state index in [9.17, 15) is 4.79 Å². The quantitative estimate of drug-likeness (QED) is 0.730. The molecule has 2 rings (SSSR count). The van der Waals surface area contributed by atoms with Crippen LogP contribution in [0.1, 0.15) is 6.92 Å². The summed E-state index contributed by atoms with van der Waals surface area (Å²) < 4.78 is 16.0. The molecule has 5 nitrogen and oxygen atoms in total. The summed E-state index contributed by atoms with van der Waals surface area (Å²) in [5, 5.41) is 3.89. The molecule has 0 unspecified atom stereocenters. The van der Waals surface area contributed by atoms with E-state index in [2.05, 4.69) is 5.32 Å². The zero-order valence-electron chi connectivity index (χ0n) is 13.7. The van der Waals surface area contributed by atoms with Crippen LogP contribution < -0.4 is 19.5 Å². The van der Waals surface area contributed by atoms with Crippen molar-refractivity contribution in [1.82, 2.24) is 0 Å². The van der Waals surface area contributed by atoms with Crippen molar-refractivity contribution < 1.29 is 19.0 Å². The minimum atomic E-state index is -0.831. The van der Waals surface area contributed by atoms with Gasteiger partial charge in [0.1, 0.15) is 17.2 Å². The molecule has 0 bridgehead atoms. The van der Waals surface area contributed by atoms with Crippen LogP contribution in [0.4, 0.5) is 5.69 Å². The molecule has 0 aliphatic heterocycles. The maximum atomic E-state index is 12.4. The molecule has 0 aromatic heterocycles. The average Bonchev–Trinajstić information content (AvgIpc) is 2.59. The molecule has 2 aromatic carbocycles. The third-order valence-corrected chi connectivity index (χ3v) is 4.14. The molecule has 0 aliphatic carbocycles. The van der Waals surface area contributed by atoms with Crippen LogP contribution in [-0.4, -0.2) is 26.2 Å². The van der Waals surface area contributed by atoms with Gasteiger partial charge >= 0.3 is 0 Å². The standard InChI is InChI=1S/C17H16Cl3NO4/c1-9(25-15-6-10(18)4-5-11(15)19)17(22)21-13-8-14(23-2)12(20)7-16(13)24-3/h4-9H,1-3H3,(H,21,22)/t9-/m1/s1. The monoisotopic (exact) mass is 403 g/mol. The van der Waals surface area contributed by atoms with Crippen LogP contribution >= 0.6 is 34.8 Å². The highest BCUT2D eigenvalue weighted by molar-refractivity contribution is 6.34. The van der Waals surface area contributed by atoms with Gasteiger partial charge in [0.15, 0.2) is 6.10 Å². The van der Waals surface area contributed by atoms with Gasteiger partial charge in [-0.1, -0.05) is 34.8 Å². The lowest BCUT2D eigenvalue weighted by molar-refractivity contribution is -0.122. The number of ether oxygens (including phenoxy) is 3. The number of methoxy groups -OCH3 is 2. The smallest absolute Gasteiger partial charge is 0.265 e. The first kappa shape index (κ1) is 19.5. The number of halogens is 3. The molecule has 1 N–H and O–H groups in total. The van der Waals surface area contributed by atoms with Crippen molar-refractivity contribution in [3.05, 3.63) is 45.4 Å². The molecule has 0 fully saturated rings. The molecular weight excluding hydrogens is 389 g/mol. The Morgan fingerprint density at radius 1 is 0.960 bits per heavy atom. The lowest BCUT2D eigenvalue weighted by Gasteiger charge is -2.18. The Kier molecular flexibility index (Phi) is 6.64. The van der Waals surface area contributed by atoms with Gasteiger partial charge in [-0.05, 0) is 19.1 Å². The summed E-state index contributed by atoms with van der Waals surface area (Å²) in [5.41, 5.74) is 0.404. The van der Waals surface area contributed by atoms with E-state index in [0.29, 0.717) is 38.0 Å². The molecule has 0 radical (unpaired) electrons. The normalized spacial score (nSPS) is 11.6. The predicted octanol–water partition coefficient (Wildman–Crippen LogP) is 5.07. The molecular formula is C17H16Cl3NO4. The van der Waals surface area contributed by atoms with Gasteiger partial charge in [-0.2, -0.15) is 0 Å². The van der Waals surface area contributed by atoms with E-state index in [1.54, 1.807) is 37.3 Å². The number of hydrogen-bond donors (Lipinski definition) is 1. The Morgan fingerprint density at radius 2 is 1.64 bits per heavy atom. The van der Waals surface area contributed by atoms with Crippen LogP contribution in [0.25, 0.3) is 0 Å². The van der Waals surface area contributed by atoms with Crippen LogP contribution in [0.15, 0.2) is 30.3 Å². The third kappa shape index (κ3) is 4.84. The molecule has 25 heavy (non-hydrogen) atoms. The van der Waals surface area contributed by atoms with Gasteiger partial charge in [-0.25, -0.2) is 0 Å². The van der Waals surface area contributed by atoms with E-state index in [1.165, 1.54) is 14.2 Å². The SMILES string of the molecule is COc1cc(NC(=O)[C@@H](C)Oc2cc(Cl)ccc2Cl)c(OC)cc1Cl. The summed E-state index contributed by atoms with van der Waals surface area (Å²) in [5.74, 6) is 0.715. The fraction of sp³-hybridized carbons (Fsp3) is 0.235. The zero-order chi connectivity index (χ0) is 18.6. The molecule has 0 spiro atoms. The Hall–Kier alpha value is -1.82. The molecule has 8 heteroatoms. The van der Waals surface area contributed by atoms with Crippen LogP contribution in [-0.2, 0) is 4.79 Å². The number of amides is 1. The summed E-state index contributed by atoms with van der Waals surface area (Å²) in [6.45, 7) is 1.59. The van der Waals surface area contributed by atoms with Crippen molar-refractivity contribution in [3.8, 4) is 17.2 Å². The maximum absolute atomic E-state index is 12.4. The number of rotatable bonds is 6. The van der Waals surface area contributed by atoms with E-state index < -0.39 is 12.0 Å². The van der Waals surface area contributed by atoms with Gasteiger partial charge in [0.05, 0.1) is 30.0 Å². The van der Waals surface area contributed by atoms with Crippen molar-refractivity contribution >= 4 is 46.4 Å². The first-order chi connectivity index (χ1) is 11.8. The number of anilines is 1. The van der Waals surface area contributed by atoms with Gasteiger partial charge < -0.3 is 19.5 Å². The van der Waals surface area contributed by atoms with Gasteiger partial charge in [0.25, 0.3) is 5.91 Å². The number of nitrogens with one attached hydrogen (secondary N) is 1. The van der Waals surface area contributed by atoms with E-state index in [0.717, 1.165) is 0 Å². The number of benzene rings is 2. The van der Waals surface area contributed by atoms with Crippen molar-refractivity contribution in [2.24, 2.45) is 0 Å². The second-order valence-corrected chi connectivity index (χ2v) is 6.26. The summed E-state index contributed by atoms with van der Waals surface area (Å²) in [7, 11) is 2.95. The third-order valence-electron chi connectivity index (χ3n) is 3.30. The summed E-state index contributed by atoms with van der Waals surface area (Å²) in [6.07, 6.45) is -0.831. The van der Waals surface area contributed by atoms with Gasteiger partial charge in [0, 0.05) is 23.2 Å². The summed E-state index contributed by atoms with van der Waals surface area (Å²) in [4.78, 5) is 12.4. The minimum Gasteiger partial charge on any atom is -0.495 e. The van der Waals surface area contributed by atoms with E-state index in [1.807, 2.05) is 0 Å². The Bertz CT molecular complexity index is 783. The summed E-state index contributed by atoms with van der Waals surface area (Å²) >= 11 is 18.0. The zero-order valence-corrected chi connectivity index (χ0v) is 16.0. The first-order valence-corrected chi connectivity index (χ1v) is 8.33. The van der Waals surface area contributed by atoms with Crippen molar-refractivity contribution in [2.75, 3.05) is 19.5 Å². The average molecular weight is 405 g/mol. The van der Waals surface area contributed by atoms with Crippen LogP contribution in [0.2, 0.25) is 15.1 Å². The lowest BCUT2D eigenvalue weighted by atomic mass is 10.2. The molecule has 1 atom stereocenters.